The zero-order valence-corrected chi connectivity index (χ0v) is 15.3. The molecule has 0 bridgehead atoms. The van der Waals surface area contributed by atoms with Gasteiger partial charge in [0.2, 0.25) is 10.0 Å². The van der Waals surface area contributed by atoms with Crippen LogP contribution in [0.1, 0.15) is 23.7 Å². The van der Waals surface area contributed by atoms with Gasteiger partial charge in [0, 0.05) is 24.2 Å². The molecule has 1 aliphatic heterocycles. The summed E-state index contributed by atoms with van der Waals surface area (Å²) in [5.41, 5.74) is 3.00. The molecule has 0 atom stereocenters. The minimum absolute atomic E-state index is 0.240. The molecule has 2 aromatic rings. The van der Waals surface area contributed by atoms with Gasteiger partial charge in [-0.2, -0.15) is 5.10 Å². The largest absolute Gasteiger partial charge is 0.494 e. The van der Waals surface area contributed by atoms with E-state index in [0.717, 1.165) is 23.2 Å². The van der Waals surface area contributed by atoms with E-state index < -0.39 is 10.0 Å². The van der Waals surface area contributed by atoms with E-state index in [0.29, 0.717) is 32.1 Å². The van der Waals surface area contributed by atoms with Crippen molar-refractivity contribution in [3.63, 3.8) is 0 Å². The lowest BCUT2D eigenvalue weighted by Gasteiger charge is -2.15. The van der Waals surface area contributed by atoms with Crippen LogP contribution < -0.4 is 9.46 Å². The quantitative estimate of drug-likeness (QED) is 0.807. The van der Waals surface area contributed by atoms with Gasteiger partial charge in [0.05, 0.1) is 37.5 Å². The summed E-state index contributed by atoms with van der Waals surface area (Å²) < 4.78 is 40.3. The van der Waals surface area contributed by atoms with Crippen LogP contribution >= 0.6 is 0 Å². The zero-order valence-electron chi connectivity index (χ0n) is 14.5. The van der Waals surface area contributed by atoms with Crippen molar-refractivity contribution in [3.05, 3.63) is 41.2 Å². The van der Waals surface area contributed by atoms with E-state index in [4.69, 9.17) is 9.47 Å². The third kappa shape index (κ3) is 4.02. The van der Waals surface area contributed by atoms with Crippen LogP contribution in [0.4, 0.5) is 0 Å². The van der Waals surface area contributed by atoms with E-state index >= 15 is 0 Å². The first-order valence-corrected chi connectivity index (χ1v) is 9.84. The Balaban J connectivity index is 1.64. The summed E-state index contributed by atoms with van der Waals surface area (Å²) in [5, 5.41) is 4.32. The number of ether oxygens (including phenoxy) is 2. The highest BCUT2D eigenvalue weighted by Crippen LogP contribution is 2.21. The maximum Gasteiger partial charge on any atom is 0.240 e. The van der Waals surface area contributed by atoms with Crippen LogP contribution in [-0.2, 0) is 34.3 Å². The van der Waals surface area contributed by atoms with Crippen molar-refractivity contribution in [2.24, 2.45) is 0 Å². The Kier molecular flexibility index (Phi) is 5.41. The predicted molar refractivity (Wildman–Crippen MR) is 93.1 cm³/mol. The standard InChI is InChI=1S/C17H23N3O4S/c1-3-24-17-5-4-15(10-13(17)2)25(21,22)19-7-8-20-16-6-9-23-12-14(16)11-18-20/h4-5,10-11,19H,3,6-9,12H2,1-2H3. The number of aromatic nitrogens is 2. The monoisotopic (exact) mass is 365 g/mol. The Morgan fingerprint density at radius 1 is 1.40 bits per heavy atom. The second kappa shape index (κ2) is 7.55. The Labute approximate surface area is 148 Å². The van der Waals surface area contributed by atoms with Crippen molar-refractivity contribution >= 4 is 10.0 Å². The van der Waals surface area contributed by atoms with Crippen LogP contribution in [0.15, 0.2) is 29.3 Å². The van der Waals surface area contributed by atoms with E-state index in [1.54, 1.807) is 24.4 Å². The van der Waals surface area contributed by atoms with Crippen molar-refractivity contribution in [2.75, 3.05) is 19.8 Å². The number of hydrogen-bond acceptors (Lipinski definition) is 5. The lowest BCUT2D eigenvalue weighted by molar-refractivity contribution is 0.109. The highest BCUT2D eigenvalue weighted by Gasteiger charge is 2.17. The molecule has 0 aliphatic carbocycles. The van der Waals surface area contributed by atoms with E-state index in [1.165, 1.54) is 0 Å². The molecule has 0 amide bonds. The molecular formula is C17H23N3O4S. The average molecular weight is 365 g/mol. The van der Waals surface area contributed by atoms with E-state index in [2.05, 4.69) is 9.82 Å². The van der Waals surface area contributed by atoms with Gasteiger partial charge in [0.1, 0.15) is 5.75 Å². The minimum Gasteiger partial charge on any atom is -0.494 e. The molecular weight excluding hydrogens is 342 g/mol. The Hall–Kier alpha value is -1.90. The molecule has 25 heavy (non-hydrogen) atoms. The van der Waals surface area contributed by atoms with Gasteiger partial charge in [-0.25, -0.2) is 13.1 Å². The van der Waals surface area contributed by atoms with Gasteiger partial charge < -0.3 is 9.47 Å². The predicted octanol–water partition coefficient (Wildman–Crippen LogP) is 1.64. The van der Waals surface area contributed by atoms with E-state index in [1.807, 2.05) is 18.5 Å². The fourth-order valence-electron chi connectivity index (χ4n) is 2.88. The fraction of sp³-hybridized carbons (Fsp3) is 0.471. The molecule has 2 heterocycles. The van der Waals surface area contributed by atoms with Gasteiger partial charge in [0.25, 0.3) is 0 Å². The maximum atomic E-state index is 12.5. The van der Waals surface area contributed by atoms with Gasteiger partial charge in [-0.3, -0.25) is 4.68 Å². The molecule has 0 saturated carbocycles. The van der Waals surface area contributed by atoms with Gasteiger partial charge in [-0.05, 0) is 37.6 Å². The molecule has 8 heteroatoms. The van der Waals surface area contributed by atoms with Crippen molar-refractivity contribution in [2.45, 2.75) is 38.3 Å². The molecule has 136 valence electrons. The van der Waals surface area contributed by atoms with Gasteiger partial charge in [0.15, 0.2) is 0 Å². The van der Waals surface area contributed by atoms with Crippen LogP contribution in [0, 0.1) is 6.92 Å². The molecule has 0 saturated heterocycles. The Bertz CT molecular complexity index is 846. The number of fused-ring (bicyclic) bond motifs is 1. The van der Waals surface area contributed by atoms with E-state index in [-0.39, 0.29) is 11.4 Å². The van der Waals surface area contributed by atoms with Crippen LogP contribution in [0.25, 0.3) is 0 Å². The minimum atomic E-state index is -3.56. The first-order valence-electron chi connectivity index (χ1n) is 8.35. The fourth-order valence-corrected chi connectivity index (χ4v) is 3.98. The summed E-state index contributed by atoms with van der Waals surface area (Å²) in [6.07, 6.45) is 2.60. The van der Waals surface area contributed by atoms with Gasteiger partial charge >= 0.3 is 0 Å². The second-order valence-corrected chi connectivity index (χ2v) is 7.67. The normalized spacial score (nSPS) is 14.3. The number of nitrogens with one attached hydrogen (secondary N) is 1. The number of hydrogen-bond donors (Lipinski definition) is 1. The number of rotatable bonds is 7. The number of aryl methyl sites for hydroxylation is 1. The van der Waals surface area contributed by atoms with Crippen molar-refractivity contribution < 1.29 is 17.9 Å². The summed E-state index contributed by atoms with van der Waals surface area (Å²) in [5.74, 6) is 0.701. The van der Waals surface area contributed by atoms with Gasteiger partial charge in [-0.15, -0.1) is 0 Å². The summed E-state index contributed by atoms with van der Waals surface area (Å²) in [6, 6.07) is 4.88. The topological polar surface area (TPSA) is 82.5 Å². The third-order valence-corrected chi connectivity index (χ3v) is 5.61. The zero-order chi connectivity index (χ0) is 17.9. The number of nitrogens with zero attached hydrogens (tertiary/aromatic N) is 2. The summed E-state index contributed by atoms with van der Waals surface area (Å²) in [7, 11) is -3.56. The second-order valence-electron chi connectivity index (χ2n) is 5.90. The SMILES string of the molecule is CCOc1ccc(S(=O)(=O)NCCn2ncc3c2CCOC3)cc1C. The number of benzene rings is 1. The molecule has 0 spiro atoms. The molecule has 1 N–H and O–H groups in total. The molecule has 0 unspecified atom stereocenters. The lowest BCUT2D eigenvalue weighted by atomic mass is 10.2. The average Bonchev–Trinajstić information content (AvgIpc) is 3.00. The molecule has 7 nitrogen and oxygen atoms in total. The van der Waals surface area contributed by atoms with Crippen molar-refractivity contribution in [1.29, 1.82) is 0 Å². The third-order valence-electron chi connectivity index (χ3n) is 4.15. The Morgan fingerprint density at radius 2 is 2.24 bits per heavy atom. The molecule has 3 rings (SSSR count). The molecule has 1 aliphatic rings. The van der Waals surface area contributed by atoms with Gasteiger partial charge in [-0.1, -0.05) is 0 Å². The van der Waals surface area contributed by atoms with Crippen LogP contribution in [0.3, 0.4) is 0 Å². The molecule has 0 radical (unpaired) electrons. The maximum absolute atomic E-state index is 12.5. The lowest BCUT2D eigenvalue weighted by Crippen LogP contribution is -2.28. The Morgan fingerprint density at radius 3 is 3.00 bits per heavy atom. The van der Waals surface area contributed by atoms with Crippen LogP contribution in [0.2, 0.25) is 0 Å². The first-order chi connectivity index (χ1) is 12.0. The van der Waals surface area contributed by atoms with Crippen LogP contribution in [-0.4, -0.2) is 38.0 Å². The summed E-state index contributed by atoms with van der Waals surface area (Å²) >= 11 is 0. The highest BCUT2D eigenvalue weighted by molar-refractivity contribution is 7.89. The smallest absolute Gasteiger partial charge is 0.240 e. The van der Waals surface area contributed by atoms with Crippen molar-refractivity contribution in [1.82, 2.24) is 14.5 Å². The van der Waals surface area contributed by atoms with Crippen molar-refractivity contribution in [3.8, 4) is 5.75 Å². The summed E-state index contributed by atoms with van der Waals surface area (Å²) in [4.78, 5) is 0.240. The number of sulfonamides is 1. The van der Waals surface area contributed by atoms with Crippen LogP contribution in [0.5, 0.6) is 5.75 Å². The molecule has 0 fully saturated rings. The first kappa shape index (κ1) is 17.9. The van der Waals surface area contributed by atoms with E-state index in [9.17, 15) is 8.42 Å². The summed E-state index contributed by atoms with van der Waals surface area (Å²) in [6.45, 7) is 6.30. The molecule has 1 aromatic carbocycles. The molecule has 1 aromatic heterocycles. The highest BCUT2D eigenvalue weighted by atomic mass is 32.2.